The van der Waals surface area contributed by atoms with Crippen LogP contribution >= 0.6 is 0 Å². The smallest absolute Gasteiger partial charge is 0.313 e. The molecule has 1 aliphatic rings. The molecule has 0 N–H and O–H groups in total. The van der Waals surface area contributed by atoms with Crippen molar-refractivity contribution in [3.63, 3.8) is 0 Å². The van der Waals surface area contributed by atoms with E-state index >= 15 is 0 Å². The molecule has 1 fully saturated rings. The number of carbonyl (C=O) groups excluding carboxylic acids is 1. The van der Waals surface area contributed by atoms with E-state index in [2.05, 4.69) is 6.58 Å². The van der Waals surface area contributed by atoms with Gasteiger partial charge in [0.15, 0.2) is 23.0 Å². The SMILES string of the molecule is C=C1C(=O)N(c2cc(OC)c(OC)c(OC)c2)C1c1ccc(OC)c(OS(=O)(=O)Cc2ccccc2)c1. The zero-order chi connectivity index (χ0) is 26.7. The van der Waals surface area contributed by atoms with E-state index in [-0.39, 0.29) is 23.2 Å². The Kier molecular flexibility index (Phi) is 7.30. The molecule has 1 unspecified atom stereocenters. The van der Waals surface area contributed by atoms with Crippen LogP contribution in [0.15, 0.2) is 72.8 Å². The Morgan fingerprint density at radius 3 is 2.00 bits per heavy atom. The quantitative estimate of drug-likeness (QED) is 0.220. The lowest BCUT2D eigenvalue weighted by Gasteiger charge is -2.42. The summed E-state index contributed by atoms with van der Waals surface area (Å²) in [4.78, 5) is 14.4. The van der Waals surface area contributed by atoms with E-state index in [1.807, 2.05) is 0 Å². The van der Waals surface area contributed by atoms with Gasteiger partial charge in [-0.05, 0) is 23.3 Å². The second kappa shape index (κ2) is 10.4. The van der Waals surface area contributed by atoms with Crippen molar-refractivity contribution >= 4 is 21.7 Å². The molecule has 1 heterocycles. The number of benzene rings is 3. The topological polar surface area (TPSA) is 101 Å². The molecule has 9 nitrogen and oxygen atoms in total. The summed E-state index contributed by atoms with van der Waals surface area (Å²) in [6, 6.07) is 16.3. The van der Waals surface area contributed by atoms with Gasteiger partial charge in [-0.1, -0.05) is 43.0 Å². The minimum Gasteiger partial charge on any atom is -0.493 e. The molecule has 1 saturated heterocycles. The van der Waals surface area contributed by atoms with Crippen molar-refractivity contribution in [1.29, 1.82) is 0 Å². The Morgan fingerprint density at radius 2 is 1.43 bits per heavy atom. The number of amides is 1. The minimum absolute atomic E-state index is 0.00734. The van der Waals surface area contributed by atoms with Gasteiger partial charge >= 0.3 is 10.1 Å². The Hall–Kier alpha value is -4.18. The van der Waals surface area contributed by atoms with Crippen LogP contribution in [0.5, 0.6) is 28.7 Å². The van der Waals surface area contributed by atoms with Crippen LogP contribution in [0, 0.1) is 0 Å². The summed E-state index contributed by atoms with van der Waals surface area (Å²) in [7, 11) is 1.88. The zero-order valence-corrected chi connectivity index (χ0v) is 21.7. The maximum Gasteiger partial charge on any atom is 0.313 e. The fourth-order valence-electron chi connectivity index (χ4n) is 4.17. The van der Waals surface area contributed by atoms with Crippen molar-refractivity contribution in [3.8, 4) is 28.7 Å². The van der Waals surface area contributed by atoms with Crippen LogP contribution in [0.25, 0.3) is 0 Å². The molecule has 194 valence electrons. The summed E-state index contributed by atoms with van der Waals surface area (Å²) in [5.74, 6) is 0.783. The van der Waals surface area contributed by atoms with E-state index in [0.717, 1.165) is 0 Å². The van der Waals surface area contributed by atoms with E-state index in [9.17, 15) is 13.2 Å². The summed E-state index contributed by atoms with van der Waals surface area (Å²) < 4.78 is 52.6. The van der Waals surface area contributed by atoms with Gasteiger partial charge in [-0.2, -0.15) is 8.42 Å². The average Bonchev–Trinajstić information content (AvgIpc) is 2.90. The normalized spacial score (nSPS) is 15.1. The maximum absolute atomic E-state index is 12.9. The maximum atomic E-state index is 12.9. The summed E-state index contributed by atoms with van der Waals surface area (Å²) in [5, 5.41) is 0. The van der Waals surface area contributed by atoms with Crippen LogP contribution in [-0.2, 0) is 20.7 Å². The van der Waals surface area contributed by atoms with Gasteiger partial charge in [-0.3, -0.25) is 9.69 Å². The number of hydrogen-bond donors (Lipinski definition) is 0. The van der Waals surface area contributed by atoms with Gasteiger partial charge < -0.3 is 23.1 Å². The van der Waals surface area contributed by atoms with E-state index < -0.39 is 16.2 Å². The lowest BCUT2D eigenvalue weighted by Crippen LogP contribution is -2.48. The Bertz CT molecular complexity index is 1410. The van der Waals surface area contributed by atoms with Gasteiger partial charge in [0.05, 0.1) is 40.2 Å². The molecule has 1 atom stereocenters. The molecule has 0 aliphatic carbocycles. The highest BCUT2D eigenvalue weighted by molar-refractivity contribution is 7.86. The fourth-order valence-corrected chi connectivity index (χ4v) is 5.24. The number of ether oxygens (including phenoxy) is 4. The monoisotopic (exact) mass is 525 g/mol. The molecule has 0 spiro atoms. The molecule has 10 heteroatoms. The molecule has 0 saturated carbocycles. The second-order valence-corrected chi connectivity index (χ2v) is 9.74. The third-order valence-electron chi connectivity index (χ3n) is 5.92. The predicted molar refractivity (Wildman–Crippen MR) is 138 cm³/mol. The fraction of sp³-hybridized carbons (Fsp3) is 0.222. The van der Waals surface area contributed by atoms with E-state index in [1.165, 1.54) is 39.4 Å². The Labute approximate surface area is 215 Å². The Morgan fingerprint density at radius 1 is 0.811 bits per heavy atom. The van der Waals surface area contributed by atoms with Gasteiger partial charge in [0.1, 0.15) is 5.75 Å². The third-order valence-corrected chi connectivity index (χ3v) is 7.04. The zero-order valence-electron chi connectivity index (χ0n) is 20.9. The summed E-state index contributed by atoms with van der Waals surface area (Å²) in [6.07, 6.45) is 0. The highest BCUT2D eigenvalue weighted by Gasteiger charge is 2.43. The molecule has 1 amide bonds. The second-order valence-electron chi connectivity index (χ2n) is 8.17. The van der Waals surface area contributed by atoms with Crippen LogP contribution < -0.4 is 28.0 Å². The van der Waals surface area contributed by atoms with Crippen LogP contribution in [0.2, 0.25) is 0 Å². The van der Waals surface area contributed by atoms with Crippen molar-refractivity contribution in [1.82, 2.24) is 0 Å². The molecule has 0 radical (unpaired) electrons. The van der Waals surface area contributed by atoms with Crippen LogP contribution in [0.4, 0.5) is 5.69 Å². The molecule has 4 rings (SSSR count). The first-order chi connectivity index (χ1) is 17.7. The number of hydrogen-bond acceptors (Lipinski definition) is 8. The molecule has 3 aromatic rings. The van der Waals surface area contributed by atoms with Gasteiger partial charge in [-0.15, -0.1) is 0 Å². The lowest BCUT2D eigenvalue weighted by molar-refractivity contribution is -0.119. The van der Waals surface area contributed by atoms with Crippen LogP contribution in [-0.4, -0.2) is 42.8 Å². The highest BCUT2D eigenvalue weighted by Crippen LogP contribution is 2.48. The minimum atomic E-state index is -4.00. The first-order valence-electron chi connectivity index (χ1n) is 11.2. The molecule has 0 bridgehead atoms. The van der Waals surface area contributed by atoms with Gasteiger partial charge in [0.25, 0.3) is 5.91 Å². The van der Waals surface area contributed by atoms with E-state index in [4.69, 9.17) is 23.1 Å². The van der Waals surface area contributed by atoms with E-state index in [0.29, 0.717) is 39.6 Å². The molecule has 3 aromatic carbocycles. The first-order valence-corrected chi connectivity index (χ1v) is 12.8. The van der Waals surface area contributed by atoms with Crippen molar-refractivity contribution in [2.75, 3.05) is 33.3 Å². The van der Waals surface area contributed by atoms with E-state index in [1.54, 1.807) is 54.6 Å². The lowest BCUT2D eigenvalue weighted by atomic mass is 9.88. The largest absolute Gasteiger partial charge is 0.493 e. The highest BCUT2D eigenvalue weighted by atomic mass is 32.2. The average molecular weight is 526 g/mol. The summed E-state index contributed by atoms with van der Waals surface area (Å²) >= 11 is 0. The molecule has 1 aliphatic heterocycles. The molecular weight excluding hydrogens is 498 g/mol. The van der Waals surface area contributed by atoms with Gasteiger partial charge in [-0.25, -0.2) is 0 Å². The van der Waals surface area contributed by atoms with Crippen LogP contribution in [0.3, 0.4) is 0 Å². The summed E-state index contributed by atoms with van der Waals surface area (Å²) in [6.45, 7) is 3.93. The van der Waals surface area contributed by atoms with Crippen molar-refractivity contribution < 1.29 is 36.3 Å². The first kappa shape index (κ1) is 25.9. The number of nitrogens with zero attached hydrogens (tertiary/aromatic N) is 1. The van der Waals surface area contributed by atoms with Crippen molar-refractivity contribution in [2.24, 2.45) is 0 Å². The van der Waals surface area contributed by atoms with Gasteiger partial charge in [0, 0.05) is 17.7 Å². The summed E-state index contributed by atoms with van der Waals surface area (Å²) in [5.41, 5.74) is 2.00. The predicted octanol–water partition coefficient (Wildman–Crippen LogP) is 4.27. The number of carbonyl (C=O) groups is 1. The number of β-lactam (4-membered cyclic amide) rings is 1. The standard InChI is InChI=1S/C27H27NO8S/c1-17-25(28(27(17)29)20-14-23(33-3)26(35-5)24(15-20)34-4)19-11-12-21(32-2)22(13-19)36-37(30,31)16-18-9-7-6-8-10-18/h6-15,25H,1,16H2,2-5H3. The Balaban J connectivity index is 1.70. The van der Waals surface area contributed by atoms with Crippen LogP contribution in [0.1, 0.15) is 17.2 Å². The molecule has 0 aromatic heterocycles. The molecule has 37 heavy (non-hydrogen) atoms. The third kappa shape index (κ3) is 5.05. The van der Waals surface area contributed by atoms with Gasteiger partial charge in [0.2, 0.25) is 5.75 Å². The molecular formula is C27H27NO8S. The van der Waals surface area contributed by atoms with Crippen molar-refractivity contribution in [3.05, 3.63) is 83.9 Å². The number of methoxy groups -OCH3 is 4. The number of anilines is 1. The number of rotatable bonds is 10. The van der Waals surface area contributed by atoms with Crippen molar-refractivity contribution in [2.45, 2.75) is 11.8 Å².